The van der Waals surface area contributed by atoms with Crippen LogP contribution in [0.3, 0.4) is 0 Å². The molecule has 0 heterocycles. The minimum Gasteiger partial charge on any atom is -0.391 e. The maximum absolute atomic E-state index is 11.6. The van der Waals surface area contributed by atoms with E-state index >= 15 is 0 Å². The molecule has 2 rings (SSSR count). The van der Waals surface area contributed by atoms with Crippen molar-refractivity contribution in [3.8, 4) is 0 Å². The molecule has 0 saturated carbocycles. The summed E-state index contributed by atoms with van der Waals surface area (Å²) < 4.78 is 5.18. The molecule has 0 aliphatic carbocycles. The van der Waals surface area contributed by atoms with Crippen molar-refractivity contribution in [3.63, 3.8) is 0 Å². The van der Waals surface area contributed by atoms with E-state index in [9.17, 15) is 4.79 Å². The van der Waals surface area contributed by atoms with Crippen LogP contribution in [-0.2, 0) is 21.2 Å². The van der Waals surface area contributed by atoms with Gasteiger partial charge in [-0.2, -0.15) is 0 Å². The SMILES string of the molecule is Cc1ccccc1CSOC(=O)Cc1ccccc1. The van der Waals surface area contributed by atoms with Crippen LogP contribution in [0.15, 0.2) is 54.6 Å². The van der Waals surface area contributed by atoms with Crippen molar-refractivity contribution >= 4 is 18.0 Å². The van der Waals surface area contributed by atoms with E-state index in [1.54, 1.807) is 0 Å². The van der Waals surface area contributed by atoms with Gasteiger partial charge in [0.1, 0.15) is 0 Å². The number of hydrogen-bond acceptors (Lipinski definition) is 3. The van der Waals surface area contributed by atoms with Crippen molar-refractivity contribution in [2.24, 2.45) is 0 Å². The van der Waals surface area contributed by atoms with Crippen molar-refractivity contribution in [2.75, 3.05) is 0 Å². The first-order valence-corrected chi connectivity index (χ1v) is 7.07. The molecule has 98 valence electrons. The number of hydrogen-bond donors (Lipinski definition) is 0. The van der Waals surface area contributed by atoms with Crippen LogP contribution < -0.4 is 0 Å². The number of aryl methyl sites for hydroxylation is 1. The third-order valence-electron chi connectivity index (χ3n) is 2.82. The van der Waals surface area contributed by atoms with Gasteiger partial charge in [-0.25, -0.2) is 0 Å². The summed E-state index contributed by atoms with van der Waals surface area (Å²) in [6.07, 6.45) is 0.321. The molecule has 0 aromatic heterocycles. The molecule has 0 saturated heterocycles. The van der Waals surface area contributed by atoms with E-state index in [0.29, 0.717) is 12.2 Å². The van der Waals surface area contributed by atoms with E-state index in [4.69, 9.17) is 4.18 Å². The van der Waals surface area contributed by atoms with Crippen molar-refractivity contribution in [2.45, 2.75) is 19.1 Å². The van der Waals surface area contributed by atoms with Crippen molar-refractivity contribution in [3.05, 3.63) is 71.3 Å². The maximum Gasteiger partial charge on any atom is 0.322 e. The molecule has 0 radical (unpaired) electrons. The third-order valence-corrected chi connectivity index (χ3v) is 3.55. The first-order valence-electron chi connectivity index (χ1n) is 6.16. The first-order chi connectivity index (χ1) is 9.25. The Kier molecular flexibility index (Phi) is 5.04. The molecule has 0 N–H and O–H groups in total. The van der Waals surface area contributed by atoms with Crippen molar-refractivity contribution in [1.29, 1.82) is 0 Å². The molecule has 2 nitrogen and oxygen atoms in total. The molecule has 0 fully saturated rings. The highest BCUT2D eigenvalue weighted by Gasteiger charge is 2.06. The summed E-state index contributed by atoms with van der Waals surface area (Å²) in [5.41, 5.74) is 3.39. The van der Waals surface area contributed by atoms with Crippen LogP contribution in [0.2, 0.25) is 0 Å². The van der Waals surface area contributed by atoms with Gasteiger partial charge in [0.25, 0.3) is 0 Å². The Labute approximate surface area is 118 Å². The Balaban J connectivity index is 1.77. The van der Waals surface area contributed by atoms with Gasteiger partial charge in [0, 0.05) is 0 Å². The Bertz CT molecular complexity index is 537. The van der Waals surface area contributed by atoms with E-state index in [-0.39, 0.29) is 5.97 Å². The summed E-state index contributed by atoms with van der Waals surface area (Å²) in [6, 6.07) is 17.7. The quantitative estimate of drug-likeness (QED) is 0.771. The Morgan fingerprint density at radius 1 is 1.05 bits per heavy atom. The fourth-order valence-electron chi connectivity index (χ4n) is 1.72. The fraction of sp³-hybridized carbons (Fsp3) is 0.188. The van der Waals surface area contributed by atoms with Gasteiger partial charge in [-0.1, -0.05) is 54.6 Å². The molecular formula is C16H16O2S. The van der Waals surface area contributed by atoms with Crippen LogP contribution in [0.1, 0.15) is 16.7 Å². The molecule has 0 bridgehead atoms. The molecule has 0 amide bonds. The second kappa shape index (κ2) is 7.00. The standard InChI is InChI=1S/C16H16O2S/c1-13-7-5-6-10-15(13)12-19-18-16(17)11-14-8-3-2-4-9-14/h2-10H,11-12H2,1H3. The lowest BCUT2D eigenvalue weighted by Crippen LogP contribution is -2.03. The molecule has 2 aromatic rings. The van der Waals surface area contributed by atoms with Crippen LogP contribution >= 0.6 is 12.0 Å². The molecule has 0 aliphatic heterocycles. The lowest BCUT2D eigenvalue weighted by molar-refractivity contribution is -0.132. The van der Waals surface area contributed by atoms with Gasteiger partial charge in [0.15, 0.2) is 0 Å². The number of rotatable bonds is 5. The van der Waals surface area contributed by atoms with Crippen molar-refractivity contribution < 1.29 is 8.98 Å². The summed E-state index contributed by atoms with van der Waals surface area (Å²) in [6.45, 7) is 2.06. The second-order valence-corrected chi connectivity index (χ2v) is 5.00. The predicted octanol–water partition coefficient (Wildman–Crippen LogP) is 3.93. The molecule has 0 atom stereocenters. The Morgan fingerprint density at radius 3 is 2.47 bits per heavy atom. The monoisotopic (exact) mass is 272 g/mol. The van der Waals surface area contributed by atoms with Gasteiger partial charge in [0.05, 0.1) is 24.2 Å². The van der Waals surface area contributed by atoms with E-state index in [1.165, 1.54) is 23.2 Å². The summed E-state index contributed by atoms with van der Waals surface area (Å²) in [7, 11) is 0. The van der Waals surface area contributed by atoms with Crippen LogP contribution in [0, 0.1) is 6.92 Å². The van der Waals surface area contributed by atoms with E-state index in [2.05, 4.69) is 13.0 Å². The van der Waals surface area contributed by atoms with Gasteiger partial charge in [-0.15, -0.1) is 0 Å². The number of carbonyl (C=O) groups is 1. The summed E-state index contributed by atoms with van der Waals surface area (Å²) >= 11 is 1.20. The fourth-order valence-corrected chi connectivity index (χ4v) is 2.42. The average Bonchev–Trinajstić information content (AvgIpc) is 2.42. The van der Waals surface area contributed by atoms with Gasteiger partial charge >= 0.3 is 5.97 Å². The molecular weight excluding hydrogens is 256 g/mol. The molecule has 0 unspecified atom stereocenters. The second-order valence-electron chi connectivity index (χ2n) is 4.31. The number of benzene rings is 2. The minimum atomic E-state index is -0.204. The molecule has 19 heavy (non-hydrogen) atoms. The largest absolute Gasteiger partial charge is 0.391 e. The smallest absolute Gasteiger partial charge is 0.322 e. The topological polar surface area (TPSA) is 26.3 Å². The summed E-state index contributed by atoms with van der Waals surface area (Å²) in [5.74, 6) is 0.484. The molecule has 2 aromatic carbocycles. The highest BCUT2D eigenvalue weighted by molar-refractivity contribution is 7.94. The van der Waals surface area contributed by atoms with Gasteiger partial charge < -0.3 is 4.18 Å². The normalized spacial score (nSPS) is 10.2. The highest BCUT2D eigenvalue weighted by Crippen LogP contribution is 2.17. The zero-order chi connectivity index (χ0) is 13.5. The average molecular weight is 272 g/mol. The van der Waals surface area contributed by atoms with Crippen LogP contribution in [0.4, 0.5) is 0 Å². The van der Waals surface area contributed by atoms with Gasteiger partial charge in [0.2, 0.25) is 0 Å². The maximum atomic E-state index is 11.6. The zero-order valence-corrected chi connectivity index (χ0v) is 11.7. The minimum absolute atomic E-state index is 0.204. The van der Waals surface area contributed by atoms with Crippen LogP contribution in [0.25, 0.3) is 0 Å². The Hall–Kier alpha value is -1.74. The molecule has 0 spiro atoms. The Morgan fingerprint density at radius 2 is 1.74 bits per heavy atom. The van der Waals surface area contributed by atoms with Crippen molar-refractivity contribution in [1.82, 2.24) is 0 Å². The number of carbonyl (C=O) groups excluding carboxylic acids is 1. The summed E-state index contributed by atoms with van der Waals surface area (Å²) in [5, 5.41) is 0. The molecule has 3 heteroatoms. The summed E-state index contributed by atoms with van der Waals surface area (Å²) in [4.78, 5) is 11.6. The van der Waals surface area contributed by atoms with Crippen LogP contribution in [-0.4, -0.2) is 5.97 Å². The van der Waals surface area contributed by atoms with E-state index < -0.39 is 0 Å². The van der Waals surface area contributed by atoms with Gasteiger partial charge in [-0.05, 0) is 23.6 Å². The van der Waals surface area contributed by atoms with Gasteiger partial charge in [-0.3, -0.25) is 4.79 Å². The van der Waals surface area contributed by atoms with E-state index in [0.717, 1.165) is 5.56 Å². The van der Waals surface area contributed by atoms with Crippen LogP contribution in [0.5, 0.6) is 0 Å². The molecule has 0 aliphatic rings. The lowest BCUT2D eigenvalue weighted by atomic mass is 10.1. The highest BCUT2D eigenvalue weighted by atomic mass is 32.2. The third kappa shape index (κ3) is 4.45. The lowest BCUT2D eigenvalue weighted by Gasteiger charge is -2.05. The van der Waals surface area contributed by atoms with E-state index in [1.807, 2.05) is 48.5 Å². The first kappa shape index (κ1) is 13.7. The predicted molar refractivity (Wildman–Crippen MR) is 78.7 cm³/mol. The zero-order valence-electron chi connectivity index (χ0n) is 10.8.